The van der Waals surface area contributed by atoms with Crippen LogP contribution in [0.1, 0.15) is 15.9 Å². The lowest BCUT2D eigenvalue weighted by Gasteiger charge is -2.10. The summed E-state index contributed by atoms with van der Waals surface area (Å²) in [6, 6.07) is 9.58. The lowest BCUT2D eigenvalue weighted by Crippen LogP contribution is -2.13. The molecule has 0 radical (unpaired) electrons. The number of amides is 1. The third kappa shape index (κ3) is 3.17. The Morgan fingerprint density at radius 2 is 2.00 bits per heavy atom. The van der Waals surface area contributed by atoms with Crippen LogP contribution < -0.4 is 10.1 Å². The number of anilines is 1. The first-order chi connectivity index (χ1) is 9.51. The quantitative estimate of drug-likeness (QED) is 0.913. The largest absolute Gasteiger partial charge is 0.497 e. The lowest BCUT2D eigenvalue weighted by molar-refractivity contribution is 0.102. The molecule has 1 N–H and O–H groups in total. The van der Waals surface area contributed by atoms with Gasteiger partial charge in [-0.15, -0.1) is 0 Å². The van der Waals surface area contributed by atoms with Gasteiger partial charge in [0.15, 0.2) is 0 Å². The summed E-state index contributed by atoms with van der Waals surface area (Å²) in [6.07, 6.45) is 0. The van der Waals surface area contributed by atoms with Crippen LogP contribution in [0.25, 0.3) is 0 Å². The monoisotopic (exact) mass is 337 g/mol. The number of ether oxygens (including phenoxy) is 1. The summed E-state index contributed by atoms with van der Waals surface area (Å²) in [5, 5.41) is 2.75. The Bertz CT molecular complexity index is 658. The molecule has 0 aromatic heterocycles. The van der Waals surface area contributed by atoms with Gasteiger partial charge in [0.25, 0.3) is 5.91 Å². The van der Waals surface area contributed by atoms with Crippen molar-refractivity contribution in [2.24, 2.45) is 0 Å². The number of carbonyl (C=O) groups excluding carboxylic acids is 1. The second-order valence-electron chi connectivity index (χ2n) is 4.26. The molecule has 0 unspecified atom stereocenters. The van der Waals surface area contributed by atoms with Crippen molar-refractivity contribution >= 4 is 27.5 Å². The van der Waals surface area contributed by atoms with Crippen LogP contribution in [-0.2, 0) is 0 Å². The number of methoxy groups -OCH3 is 1. The van der Waals surface area contributed by atoms with E-state index in [2.05, 4.69) is 21.2 Å². The average molecular weight is 338 g/mol. The van der Waals surface area contributed by atoms with Crippen LogP contribution in [-0.4, -0.2) is 13.0 Å². The molecule has 0 aliphatic heterocycles. The van der Waals surface area contributed by atoms with Crippen molar-refractivity contribution in [1.82, 2.24) is 0 Å². The van der Waals surface area contributed by atoms with Crippen LogP contribution in [0.3, 0.4) is 0 Å². The predicted molar refractivity (Wildman–Crippen MR) is 79.8 cm³/mol. The molecule has 0 aliphatic rings. The topological polar surface area (TPSA) is 38.3 Å². The molecule has 3 nitrogen and oxygen atoms in total. The first-order valence-corrected chi connectivity index (χ1v) is 6.71. The van der Waals surface area contributed by atoms with E-state index in [4.69, 9.17) is 4.74 Å². The smallest absolute Gasteiger partial charge is 0.255 e. The molecule has 20 heavy (non-hydrogen) atoms. The highest BCUT2D eigenvalue weighted by Crippen LogP contribution is 2.22. The minimum Gasteiger partial charge on any atom is -0.497 e. The molecule has 0 atom stereocenters. The van der Waals surface area contributed by atoms with Gasteiger partial charge in [0.05, 0.1) is 11.6 Å². The molecule has 0 fully saturated rings. The van der Waals surface area contributed by atoms with Gasteiger partial charge in [-0.3, -0.25) is 4.79 Å². The van der Waals surface area contributed by atoms with E-state index in [1.54, 1.807) is 25.3 Å². The van der Waals surface area contributed by atoms with Gasteiger partial charge in [-0.1, -0.05) is 0 Å². The first-order valence-electron chi connectivity index (χ1n) is 5.92. The summed E-state index contributed by atoms with van der Waals surface area (Å²) in [7, 11) is 1.58. The maximum absolute atomic E-state index is 13.4. The Balaban J connectivity index is 2.21. The number of rotatable bonds is 3. The van der Waals surface area contributed by atoms with Crippen molar-refractivity contribution in [1.29, 1.82) is 0 Å². The van der Waals surface area contributed by atoms with Crippen LogP contribution in [0, 0.1) is 12.7 Å². The molecule has 2 aromatic rings. The Kier molecular flexibility index (Phi) is 4.39. The zero-order chi connectivity index (χ0) is 14.7. The average Bonchev–Trinajstić information content (AvgIpc) is 2.43. The van der Waals surface area contributed by atoms with Gasteiger partial charge in [-0.25, -0.2) is 4.39 Å². The molecule has 1 amide bonds. The number of halogens is 2. The van der Waals surface area contributed by atoms with E-state index in [-0.39, 0.29) is 11.5 Å². The van der Waals surface area contributed by atoms with Gasteiger partial charge in [0.2, 0.25) is 0 Å². The first kappa shape index (κ1) is 14.5. The van der Waals surface area contributed by atoms with Crippen LogP contribution >= 0.6 is 15.9 Å². The summed E-state index contributed by atoms with van der Waals surface area (Å²) < 4.78 is 18.8. The van der Waals surface area contributed by atoms with E-state index in [1.165, 1.54) is 12.1 Å². The van der Waals surface area contributed by atoms with Crippen molar-refractivity contribution in [3.05, 3.63) is 57.8 Å². The Morgan fingerprint density at radius 3 is 2.60 bits per heavy atom. The summed E-state index contributed by atoms with van der Waals surface area (Å²) in [6.45, 7) is 1.86. The molecule has 104 valence electrons. The summed E-state index contributed by atoms with van der Waals surface area (Å²) in [5.41, 5.74) is 1.80. The van der Waals surface area contributed by atoms with Gasteiger partial charge in [0, 0.05) is 11.3 Å². The number of hydrogen-bond acceptors (Lipinski definition) is 2. The highest BCUT2D eigenvalue weighted by molar-refractivity contribution is 9.10. The molecular weight excluding hydrogens is 325 g/mol. The van der Waals surface area contributed by atoms with Crippen molar-refractivity contribution in [3.8, 4) is 5.75 Å². The predicted octanol–water partition coefficient (Wildman–Crippen LogP) is 4.16. The molecule has 0 saturated heterocycles. The van der Waals surface area contributed by atoms with Crippen LogP contribution in [0.2, 0.25) is 0 Å². The minimum atomic E-state index is -0.468. The maximum Gasteiger partial charge on any atom is 0.255 e. The zero-order valence-corrected chi connectivity index (χ0v) is 12.6. The summed E-state index contributed by atoms with van der Waals surface area (Å²) >= 11 is 3.05. The second kappa shape index (κ2) is 6.05. The number of hydrogen-bond donors (Lipinski definition) is 1. The third-order valence-corrected chi connectivity index (χ3v) is 3.51. The Morgan fingerprint density at radius 1 is 1.25 bits per heavy atom. The van der Waals surface area contributed by atoms with Gasteiger partial charge >= 0.3 is 0 Å². The van der Waals surface area contributed by atoms with E-state index >= 15 is 0 Å². The van der Waals surface area contributed by atoms with Crippen LogP contribution in [0.4, 0.5) is 10.1 Å². The zero-order valence-electron chi connectivity index (χ0n) is 11.0. The maximum atomic E-state index is 13.4. The van der Waals surface area contributed by atoms with Crippen molar-refractivity contribution < 1.29 is 13.9 Å². The number of nitrogens with one attached hydrogen (secondary N) is 1. The molecule has 0 heterocycles. The lowest BCUT2D eigenvalue weighted by atomic mass is 10.1. The third-order valence-electron chi connectivity index (χ3n) is 2.86. The summed E-state index contributed by atoms with van der Waals surface area (Å²) in [4.78, 5) is 12.1. The molecule has 2 rings (SSSR count). The second-order valence-corrected chi connectivity index (χ2v) is 5.12. The van der Waals surface area contributed by atoms with E-state index in [0.29, 0.717) is 10.2 Å². The van der Waals surface area contributed by atoms with Gasteiger partial charge in [-0.2, -0.15) is 0 Å². The standard InChI is InChI=1S/C15H13BrFNO2/c1-9-7-11(20-2)4-6-14(9)18-15(19)10-3-5-12(16)13(17)8-10/h3-8H,1-2H3,(H,18,19). The molecular formula is C15H13BrFNO2. The SMILES string of the molecule is COc1ccc(NC(=O)c2ccc(Br)c(F)c2)c(C)c1. The molecule has 0 spiro atoms. The van der Waals surface area contributed by atoms with Crippen molar-refractivity contribution in [2.45, 2.75) is 6.92 Å². The van der Waals surface area contributed by atoms with Crippen molar-refractivity contribution in [3.63, 3.8) is 0 Å². The van der Waals surface area contributed by atoms with E-state index in [0.717, 1.165) is 11.3 Å². The number of benzene rings is 2. The van der Waals surface area contributed by atoms with Crippen LogP contribution in [0.15, 0.2) is 40.9 Å². The minimum absolute atomic E-state index is 0.265. The van der Waals surface area contributed by atoms with E-state index in [1.807, 2.05) is 13.0 Å². The van der Waals surface area contributed by atoms with Crippen LogP contribution in [0.5, 0.6) is 5.75 Å². The molecule has 5 heteroatoms. The number of aryl methyl sites for hydroxylation is 1. The highest BCUT2D eigenvalue weighted by Gasteiger charge is 2.10. The molecule has 0 aliphatic carbocycles. The fraction of sp³-hybridized carbons (Fsp3) is 0.133. The Labute approximate surface area is 124 Å². The number of carbonyl (C=O) groups is 1. The van der Waals surface area contributed by atoms with Gasteiger partial charge in [0.1, 0.15) is 11.6 Å². The molecule has 2 aromatic carbocycles. The Hall–Kier alpha value is -1.88. The summed E-state index contributed by atoms with van der Waals surface area (Å²) in [5.74, 6) is -0.107. The molecule has 0 saturated carbocycles. The molecule has 0 bridgehead atoms. The van der Waals surface area contributed by atoms with Gasteiger partial charge in [-0.05, 0) is 64.8 Å². The fourth-order valence-corrected chi connectivity index (χ4v) is 1.98. The van der Waals surface area contributed by atoms with E-state index in [9.17, 15) is 9.18 Å². The highest BCUT2D eigenvalue weighted by atomic mass is 79.9. The van der Waals surface area contributed by atoms with Crippen molar-refractivity contribution in [2.75, 3.05) is 12.4 Å². The van der Waals surface area contributed by atoms with E-state index < -0.39 is 5.82 Å². The fourth-order valence-electron chi connectivity index (χ4n) is 1.74. The normalized spacial score (nSPS) is 10.2. The van der Waals surface area contributed by atoms with Gasteiger partial charge < -0.3 is 10.1 Å².